The maximum atomic E-state index is 12.5. The highest BCUT2D eigenvalue weighted by molar-refractivity contribution is 5.85. The SMILES string of the molecule is COCCOc1ccc2nc(Nc3nc4c(C)cc([N+](=O)[O-])cc4c(=O)[nH]3)nc(C)c2c1. The molecule has 0 spiro atoms. The molecule has 2 aromatic carbocycles. The number of non-ortho nitro benzene ring substituents is 1. The third-order valence-electron chi connectivity index (χ3n) is 4.84. The van der Waals surface area contributed by atoms with Crippen molar-refractivity contribution in [3.8, 4) is 5.75 Å². The summed E-state index contributed by atoms with van der Waals surface area (Å²) in [6.45, 7) is 4.42. The Bertz CT molecular complexity index is 1400. The zero-order valence-electron chi connectivity index (χ0n) is 17.6. The summed E-state index contributed by atoms with van der Waals surface area (Å²) in [5.41, 5.74) is 1.61. The second kappa shape index (κ2) is 8.55. The number of aromatic nitrogens is 4. The van der Waals surface area contributed by atoms with Crippen LogP contribution in [0.15, 0.2) is 35.1 Å². The molecule has 32 heavy (non-hydrogen) atoms. The first-order valence-corrected chi connectivity index (χ1v) is 9.72. The van der Waals surface area contributed by atoms with E-state index in [-0.39, 0.29) is 23.0 Å². The van der Waals surface area contributed by atoms with E-state index in [2.05, 4.69) is 25.3 Å². The fourth-order valence-electron chi connectivity index (χ4n) is 3.32. The van der Waals surface area contributed by atoms with Crippen molar-refractivity contribution in [2.75, 3.05) is 25.6 Å². The smallest absolute Gasteiger partial charge is 0.270 e. The number of hydrogen-bond acceptors (Lipinski definition) is 9. The highest BCUT2D eigenvalue weighted by atomic mass is 16.6. The fraction of sp³-hybridized carbons (Fsp3) is 0.238. The molecule has 0 saturated heterocycles. The van der Waals surface area contributed by atoms with Crippen LogP contribution in [-0.2, 0) is 4.74 Å². The predicted molar refractivity (Wildman–Crippen MR) is 119 cm³/mol. The van der Waals surface area contributed by atoms with Crippen molar-refractivity contribution < 1.29 is 14.4 Å². The largest absolute Gasteiger partial charge is 0.491 e. The highest BCUT2D eigenvalue weighted by Crippen LogP contribution is 2.25. The van der Waals surface area contributed by atoms with Crippen LogP contribution in [0.1, 0.15) is 11.3 Å². The molecule has 2 heterocycles. The van der Waals surface area contributed by atoms with Gasteiger partial charge in [0.05, 0.1) is 33.6 Å². The Morgan fingerprint density at radius 3 is 2.66 bits per heavy atom. The summed E-state index contributed by atoms with van der Waals surface area (Å²) in [7, 11) is 1.61. The molecule has 2 aromatic heterocycles. The molecule has 0 bridgehead atoms. The number of nitro benzene ring substituents is 1. The summed E-state index contributed by atoms with van der Waals surface area (Å²) < 4.78 is 10.6. The first-order chi connectivity index (χ1) is 15.4. The summed E-state index contributed by atoms with van der Waals surface area (Å²) in [6.07, 6.45) is 0. The van der Waals surface area contributed by atoms with Crippen LogP contribution in [0.3, 0.4) is 0 Å². The Kier molecular flexibility index (Phi) is 5.65. The molecule has 0 aliphatic heterocycles. The van der Waals surface area contributed by atoms with E-state index in [0.717, 1.165) is 5.39 Å². The van der Waals surface area contributed by atoms with Crippen molar-refractivity contribution in [2.24, 2.45) is 0 Å². The molecule has 0 aliphatic carbocycles. The summed E-state index contributed by atoms with van der Waals surface area (Å²) in [5.74, 6) is 1.08. The minimum absolute atomic E-state index is 0.137. The number of nitrogens with zero attached hydrogens (tertiary/aromatic N) is 4. The first kappa shape index (κ1) is 21.1. The van der Waals surface area contributed by atoms with Crippen LogP contribution in [0, 0.1) is 24.0 Å². The molecular formula is C21H20N6O5. The lowest BCUT2D eigenvalue weighted by molar-refractivity contribution is -0.384. The Morgan fingerprint density at radius 1 is 1.09 bits per heavy atom. The molecule has 164 valence electrons. The van der Waals surface area contributed by atoms with E-state index in [1.807, 2.05) is 19.1 Å². The maximum absolute atomic E-state index is 12.5. The van der Waals surface area contributed by atoms with E-state index >= 15 is 0 Å². The molecule has 0 saturated carbocycles. The van der Waals surface area contributed by atoms with Crippen LogP contribution in [0.4, 0.5) is 17.6 Å². The van der Waals surface area contributed by atoms with Gasteiger partial charge in [-0.25, -0.2) is 15.0 Å². The lowest BCUT2D eigenvalue weighted by Crippen LogP contribution is -2.13. The van der Waals surface area contributed by atoms with Crippen LogP contribution >= 0.6 is 0 Å². The van der Waals surface area contributed by atoms with Gasteiger partial charge in [0.25, 0.3) is 11.2 Å². The zero-order valence-corrected chi connectivity index (χ0v) is 17.6. The lowest BCUT2D eigenvalue weighted by Gasteiger charge is -2.10. The molecular weight excluding hydrogens is 416 g/mol. The molecule has 11 nitrogen and oxygen atoms in total. The number of anilines is 2. The summed E-state index contributed by atoms with van der Waals surface area (Å²) in [6, 6.07) is 8.07. The number of nitrogens with one attached hydrogen (secondary N) is 2. The average Bonchev–Trinajstić information content (AvgIpc) is 2.75. The van der Waals surface area contributed by atoms with Crippen LogP contribution in [0.5, 0.6) is 5.75 Å². The molecule has 0 fully saturated rings. The number of nitro groups is 1. The number of hydrogen-bond donors (Lipinski definition) is 2. The Labute approximate surface area is 181 Å². The standard InChI is InChI=1S/C21H20N6O5/c1-11-8-13(27(29)30)9-16-18(11)24-21(25-19(16)28)26-20-22-12(2)15-10-14(32-7-6-31-3)4-5-17(15)23-20/h4-5,8-10H,6-7H2,1-3H3,(H2,22,23,24,25,26,28). The maximum Gasteiger partial charge on any atom is 0.270 e. The summed E-state index contributed by atoms with van der Waals surface area (Å²) >= 11 is 0. The lowest BCUT2D eigenvalue weighted by atomic mass is 10.1. The molecule has 11 heteroatoms. The van der Waals surface area contributed by atoms with E-state index in [9.17, 15) is 14.9 Å². The van der Waals surface area contributed by atoms with E-state index in [1.54, 1.807) is 20.1 Å². The van der Waals surface area contributed by atoms with E-state index in [0.29, 0.717) is 41.3 Å². The molecule has 0 unspecified atom stereocenters. The molecule has 4 rings (SSSR count). The number of aryl methyl sites for hydroxylation is 2. The van der Waals surface area contributed by atoms with Crippen LogP contribution in [0.25, 0.3) is 21.8 Å². The van der Waals surface area contributed by atoms with E-state index in [1.165, 1.54) is 12.1 Å². The van der Waals surface area contributed by atoms with Gasteiger partial charge in [-0.2, -0.15) is 0 Å². The molecule has 4 aromatic rings. The number of fused-ring (bicyclic) bond motifs is 2. The van der Waals surface area contributed by atoms with Gasteiger partial charge in [-0.1, -0.05) is 0 Å². The third kappa shape index (κ3) is 4.18. The van der Waals surface area contributed by atoms with Crippen molar-refractivity contribution in [3.63, 3.8) is 0 Å². The third-order valence-corrected chi connectivity index (χ3v) is 4.84. The number of H-pyrrole nitrogens is 1. The minimum atomic E-state index is -0.544. The monoisotopic (exact) mass is 436 g/mol. The minimum Gasteiger partial charge on any atom is -0.491 e. The molecule has 0 atom stereocenters. The number of ether oxygens (including phenoxy) is 2. The number of methoxy groups -OCH3 is 1. The van der Waals surface area contributed by atoms with E-state index < -0.39 is 10.5 Å². The number of benzene rings is 2. The van der Waals surface area contributed by atoms with Crippen molar-refractivity contribution >= 4 is 39.4 Å². The van der Waals surface area contributed by atoms with Gasteiger partial charge in [-0.15, -0.1) is 0 Å². The van der Waals surface area contributed by atoms with Gasteiger partial charge in [0.15, 0.2) is 0 Å². The van der Waals surface area contributed by atoms with Gasteiger partial charge in [-0.3, -0.25) is 25.2 Å². The van der Waals surface area contributed by atoms with Gasteiger partial charge in [0.1, 0.15) is 12.4 Å². The van der Waals surface area contributed by atoms with Crippen LogP contribution < -0.4 is 15.6 Å². The molecule has 2 N–H and O–H groups in total. The molecule has 0 amide bonds. The summed E-state index contributed by atoms with van der Waals surface area (Å²) in [4.78, 5) is 39.0. The highest BCUT2D eigenvalue weighted by Gasteiger charge is 2.15. The van der Waals surface area contributed by atoms with Crippen molar-refractivity contribution in [1.82, 2.24) is 19.9 Å². The van der Waals surface area contributed by atoms with Gasteiger partial charge in [-0.05, 0) is 37.6 Å². The average molecular weight is 436 g/mol. The Balaban J connectivity index is 1.67. The topological polar surface area (TPSA) is 145 Å². The first-order valence-electron chi connectivity index (χ1n) is 9.72. The van der Waals surface area contributed by atoms with Crippen molar-refractivity contribution in [2.45, 2.75) is 13.8 Å². The van der Waals surface area contributed by atoms with Crippen molar-refractivity contribution in [1.29, 1.82) is 0 Å². The number of rotatable bonds is 7. The zero-order chi connectivity index (χ0) is 22.8. The van der Waals surface area contributed by atoms with Gasteiger partial charge >= 0.3 is 0 Å². The molecule has 0 radical (unpaired) electrons. The van der Waals surface area contributed by atoms with Gasteiger partial charge in [0, 0.05) is 24.6 Å². The fourth-order valence-corrected chi connectivity index (χ4v) is 3.32. The van der Waals surface area contributed by atoms with E-state index in [4.69, 9.17) is 9.47 Å². The van der Waals surface area contributed by atoms with Crippen LogP contribution in [-0.4, -0.2) is 45.2 Å². The Hall–Kier alpha value is -4.12. The normalized spacial score (nSPS) is 11.1. The summed E-state index contributed by atoms with van der Waals surface area (Å²) in [5, 5.41) is 15.0. The second-order valence-electron chi connectivity index (χ2n) is 7.11. The van der Waals surface area contributed by atoms with Gasteiger partial charge in [0.2, 0.25) is 11.9 Å². The predicted octanol–water partition coefficient (Wildman–Crippen LogP) is 3.16. The van der Waals surface area contributed by atoms with Gasteiger partial charge < -0.3 is 9.47 Å². The Morgan fingerprint density at radius 2 is 1.91 bits per heavy atom. The van der Waals surface area contributed by atoms with Crippen molar-refractivity contribution in [3.05, 3.63) is 62.1 Å². The molecule has 0 aliphatic rings. The van der Waals surface area contributed by atoms with Crippen LogP contribution in [0.2, 0.25) is 0 Å². The number of aromatic amines is 1. The second-order valence-corrected chi connectivity index (χ2v) is 7.11. The quantitative estimate of drug-likeness (QED) is 0.253.